The van der Waals surface area contributed by atoms with E-state index in [2.05, 4.69) is 39.4 Å². The second-order valence-corrected chi connectivity index (χ2v) is 7.70. The lowest BCUT2D eigenvalue weighted by molar-refractivity contribution is 0.0767. The fraction of sp³-hybridized carbons (Fsp3) is 0.550. The molecule has 0 radical (unpaired) electrons. The minimum absolute atomic E-state index is 0. The summed E-state index contributed by atoms with van der Waals surface area (Å²) in [6, 6.07) is 8.31. The van der Waals surface area contributed by atoms with E-state index in [0.717, 1.165) is 31.3 Å². The van der Waals surface area contributed by atoms with Crippen molar-refractivity contribution in [2.45, 2.75) is 38.5 Å². The van der Waals surface area contributed by atoms with Gasteiger partial charge in [-0.05, 0) is 37.5 Å². The zero-order chi connectivity index (χ0) is 18.2. The second kappa shape index (κ2) is 8.36. The number of aromatic nitrogens is 3. The number of nitrogens with one attached hydrogen (secondary N) is 1. The van der Waals surface area contributed by atoms with Crippen LogP contribution in [0.4, 0.5) is 0 Å². The van der Waals surface area contributed by atoms with Crippen LogP contribution in [0.3, 0.4) is 0 Å². The number of likely N-dealkylation sites (tertiary alicyclic amines) is 1. The first-order valence-corrected chi connectivity index (χ1v) is 9.94. The normalized spacial score (nSPS) is 28.3. The van der Waals surface area contributed by atoms with Crippen LogP contribution in [0, 0.1) is 11.8 Å². The molecule has 0 amide bonds. The van der Waals surface area contributed by atoms with E-state index in [9.17, 15) is 0 Å². The topological polar surface area (TPSA) is 67.6 Å². The molecule has 0 aliphatic carbocycles. The Bertz CT molecular complexity index is 808. The smallest absolute Gasteiger partial charge is 0.194 e. The van der Waals surface area contributed by atoms with E-state index in [0.29, 0.717) is 30.6 Å². The zero-order valence-electron chi connectivity index (χ0n) is 16.1. The molecular formula is C20H27IN6O. The maximum absolute atomic E-state index is 6.10. The van der Waals surface area contributed by atoms with Gasteiger partial charge >= 0.3 is 0 Å². The van der Waals surface area contributed by atoms with Gasteiger partial charge in [-0.3, -0.25) is 0 Å². The molecular weight excluding hydrogens is 467 g/mol. The Morgan fingerprint density at radius 2 is 2.04 bits per heavy atom. The molecule has 28 heavy (non-hydrogen) atoms. The standard InChI is InChI=1S/C20H26N6O.HI/c1-2-22-20(25-10-16-17(11-25)19-7-6-18(16)27-19)23-9-14-4-3-5-15(8-14)26-13-21-12-24-26;/h3-5,8,12-13,16-19H,2,6-7,9-11H2,1H3,(H,22,23);1H. The minimum atomic E-state index is 0. The first-order valence-electron chi connectivity index (χ1n) is 9.94. The molecule has 1 N–H and O–H groups in total. The lowest BCUT2D eigenvalue weighted by Gasteiger charge is -2.23. The van der Waals surface area contributed by atoms with Crippen LogP contribution in [0.15, 0.2) is 41.9 Å². The van der Waals surface area contributed by atoms with Crippen molar-refractivity contribution in [2.24, 2.45) is 16.8 Å². The number of hydrogen-bond acceptors (Lipinski definition) is 4. The summed E-state index contributed by atoms with van der Waals surface area (Å²) in [5, 5.41) is 7.69. The van der Waals surface area contributed by atoms with E-state index >= 15 is 0 Å². The van der Waals surface area contributed by atoms with Crippen molar-refractivity contribution in [3.05, 3.63) is 42.5 Å². The molecule has 5 rings (SSSR count). The average Bonchev–Trinajstić information content (AvgIpc) is 3.47. The Morgan fingerprint density at radius 3 is 2.71 bits per heavy atom. The lowest BCUT2D eigenvalue weighted by Crippen LogP contribution is -2.41. The summed E-state index contributed by atoms with van der Waals surface area (Å²) in [5.41, 5.74) is 2.18. The summed E-state index contributed by atoms with van der Waals surface area (Å²) >= 11 is 0. The van der Waals surface area contributed by atoms with Crippen molar-refractivity contribution in [2.75, 3.05) is 19.6 Å². The third-order valence-electron chi connectivity index (χ3n) is 6.09. The number of guanidine groups is 1. The number of benzene rings is 1. The summed E-state index contributed by atoms with van der Waals surface area (Å²) in [6.45, 7) is 5.80. The Balaban J connectivity index is 0.00000192. The minimum Gasteiger partial charge on any atom is -0.374 e. The summed E-state index contributed by atoms with van der Waals surface area (Å²) in [5.74, 6) is 2.39. The molecule has 4 heterocycles. The number of rotatable bonds is 4. The highest BCUT2D eigenvalue weighted by Gasteiger charge is 2.53. The molecule has 0 spiro atoms. The molecule has 7 nitrogen and oxygen atoms in total. The predicted octanol–water partition coefficient (Wildman–Crippen LogP) is 2.46. The highest BCUT2D eigenvalue weighted by molar-refractivity contribution is 14.0. The molecule has 1 aromatic carbocycles. The van der Waals surface area contributed by atoms with Crippen LogP contribution < -0.4 is 5.32 Å². The van der Waals surface area contributed by atoms with Crippen molar-refractivity contribution >= 4 is 29.9 Å². The van der Waals surface area contributed by atoms with Crippen LogP contribution in [-0.4, -0.2) is 57.5 Å². The first-order chi connectivity index (χ1) is 13.3. The van der Waals surface area contributed by atoms with Gasteiger partial charge in [-0.15, -0.1) is 24.0 Å². The van der Waals surface area contributed by atoms with Gasteiger partial charge in [0.25, 0.3) is 0 Å². The third-order valence-corrected chi connectivity index (χ3v) is 6.09. The second-order valence-electron chi connectivity index (χ2n) is 7.70. The number of aliphatic imine (C=N–C) groups is 1. The first kappa shape index (κ1) is 19.6. The molecule has 8 heteroatoms. The fourth-order valence-corrected chi connectivity index (χ4v) is 4.86. The number of hydrogen-bond donors (Lipinski definition) is 1. The quantitative estimate of drug-likeness (QED) is 0.402. The average molecular weight is 494 g/mol. The van der Waals surface area contributed by atoms with Gasteiger partial charge in [-0.25, -0.2) is 14.7 Å². The molecule has 3 fully saturated rings. The molecule has 1 aromatic heterocycles. The van der Waals surface area contributed by atoms with E-state index in [4.69, 9.17) is 9.73 Å². The lowest BCUT2D eigenvalue weighted by atomic mass is 9.82. The van der Waals surface area contributed by atoms with Crippen molar-refractivity contribution in [3.63, 3.8) is 0 Å². The number of fused-ring (bicyclic) bond motifs is 5. The molecule has 4 atom stereocenters. The summed E-state index contributed by atoms with van der Waals surface area (Å²) in [6.07, 6.45) is 6.70. The molecule has 0 saturated carbocycles. The molecule has 2 bridgehead atoms. The summed E-state index contributed by atoms with van der Waals surface area (Å²) in [7, 11) is 0. The third kappa shape index (κ3) is 3.63. The van der Waals surface area contributed by atoms with Crippen molar-refractivity contribution in [3.8, 4) is 5.69 Å². The molecule has 3 saturated heterocycles. The molecule has 4 unspecified atom stereocenters. The SMILES string of the molecule is CCNC(=NCc1cccc(-n2cncn2)c1)N1CC2C3CCC(O3)C2C1.I. The van der Waals surface area contributed by atoms with Gasteiger partial charge in [0.1, 0.15) is 12.7 Å². The van der Waals surface area contributed by atoms with E-state index in [1.807, 2.05) is 12.1 Å². The Labute approximate surface area is 182 Å². The predicted molar refractivity (Wildman–Crippen MR) is 118 cm³/mol. The van der Waals surface area contributed by atoms with Gasteiger partial charge in [0, 0.05) is 31.5 Å². The Hall–Kier alpha value is -1.68. The number of nitrogens with zero attached hydrogens (tertiary/aromatic N) is 5. The van der Waals surface area contributed by atoms with Gasteiger partial charge in [-0.2, -0.15) is 5.10 Å². The largest absolute Gasteiger partial charge is 0.374 e. The van der Waals surface area contributed by atoms with E-state index in [1.54, 1.807) is 17.3 Å². The van der Waals surface area contributed by atoms with E-state index in [1.165, 1.54) is 18.4 Å². The Morgan fingerprint density at radius 1 is 1.25 bits per heavy atom. The van der Waals surface area contributed by atoms with Gasteiger partial charge in [0.15, 0.2) is 5.96 Å². The van der Waals surface area contributed by atoms with Crippen LogP contribution >= 0.6 is 24.0 Å². The zero-order valence-corrected chi connectivity index (χ0v) is 18.4. The molecule has 150 valence electrons. The highest BCUT2D eigenvalue weighted by Crippen LogP contribution is 2.47. The van der Waals surface area contributed by atoms with Crippen molar-refractivity contribution in [1.29, 1.82) is 0 Å². The van der Waals surface area contributed by atoms with E-state index in [-0.39, 0.29) is 24.0 Å². The molecule has 3 aliphatic heterocycles. The van der Waals surface area contributed by atoms with E-state index < -0.39 is 0 Å². The monoisotopic (exact) mass is 494 g/mol. The van der Waals surface area contributed by atoms with Gasteiger partial charge in [0.05, 0.1) is 24.4 Å². The van der Waals surface area contributed by atoms with Crippen molar-refractivity contribution < 1.29 is 4.74 Å². The van der Waals surface area contributed by atoms with Gasteiger partial charge in [0.2, 0.25) is 0 Å². The highest BCUT2D eigenvalue weighted by atomic mass is 127. The van der Waals surface area contributed by atoms with Crippen LogP contribution in [0.25, 0.3) is 5.69 Å². The van der Waals surface area contributed by atoms with Crippen LogP contribution in [0.1, 0.15) is 25.3 Å². The summed E-state index contributed by atoms with van der Waals surface area (Å²) < 4.78 is 7.88. The van der Waals surface area contributed by atoms with Gasteiger partial charge in [-0.1, -0.05) is 12.1 Å². The maximum atomic E-state index is 6.10. The van der Waals surface area contributed by atoms with Crippen LogP contribution in [0.5, 0.6) is 0 Å². The Kier molecular flexibility index (Phi) is 5.86. The van der Waals surface area contributed by atoms with Crippen LogP contribution in [-0.2, 0) is 11.3 Å². The maximum Gasteiger partial charge on any atom is 0.194 e. The number of halogens is 1. The summed E-state index contributed by atoms with van der Waals surface area (Å²) in [4.78, 5) is 11.4. The van der Waals surface area contributed by atoms with Crippen molar-refractivity contribution in [1.82, 2.24) is 25.0 Å². The fourth-order valence-electron chi connectivity index (χ4n) is 4.86. The van der Waals surface area contributed by atoms with Gasteiger partial charge < -0.3 is 15.0 Å². The number of ether oxygens (including phenoxy) is 1. The molecule has 2 aromatic rings. The molecule has 3 aliphatic rings. The van der Waals surface area contributed by atoms with Crippen LogP contribution in [0.2, 0.25) is 0 Å².